The van der Waals surface area contributed by atoms with Crippen LogP contribution in [0.1, 0.15) is 40.4 Å². The van der Waals surface area contributed by atoms with Crippen LogP contribution in [0.25, 0.3) is 0 Å². The number of thiazole rings is 1. The Morgan fingerprint density at radius 1 is 1.29 bits per heavy atom. The van der Waals surface area contributed by atoms with Crippen LogP contribution in [0.3, 0.4) is 0 Å². The summed E-state index contributed by atoms with van der Waals surface area (Å²) in [5.41, 5.74) is -0.436. The van der Waals surface area contributed by atoms with Crippen molar-refractivity contribution in [1.82, 2.24) is 4.98 Å². The molecule has 1 heterocycles. The molecule has 0 radical (unpaired) electrons. The number of hydrogen-bond acceptors (Lipinski definition) is 3. The number of halogens is 3. The van der Waals surface area contributed by atoms with Gasteiger partial charge in [-0.15, -0.1) is 11.3 Å². The Bertz CT molecular complexity index is 677. The molecule has 0 spiro atoms. The molecule has 1 N–H and O–H groups in total. The Morgan fingerprint density at radius 3 is 2.67 bits per heavy atom. The Labute approximate surface area is 122 Å². The number of anilines is 1. The van der Waals surface area contributed by atoms with Gasteiger partial charge < -0.3 is 0 Å². The minimum Gasteiger partial charge on any atom is -0.298 e. The molecule has 3 nitrogen and oxygen atoms in total. The van der Waals surface area contributed by atoms with Crippen LogP contribution in [0.4, 0.5) is 18.3 Å². The first-order valence-corrected chi connectivity index (χ1v) is 7.26. The van der Waals surface area contributed by atoms with Crippen LogP contribution in [0.5, 0.6) is 0 Å². The van der Waals surface area contributed by atoms with E-state index in [1.54, 1.807) is 0 Å². The lowest BCUT2D eigenvalue weighted by Crippen LogP contribution is -2.18. The smallest absolute Gasteiger partial charge is 0.298 e. The number of rotatable bonds is 3. The zero-order chi connectivity index (χ0) is 15.0. The summed E-state index contributed by atoms with van der Waals surface area (Å²) in [5, 5.41) is 4.61. The van der Waals surface area contributed by atoms with E-state index in [4.69, 9.17) is 0 Å². The minimum absolute atomic E-state index is 0.332. The zero-order valence-corrected chi connectivity index (χ0v) is 11.6. The van der Waals surface area contributed by atoms with E-state index in [2.05, 4.69) is 10.3 Å². The van der Waals surface area contributed by atoms with Gasteiger partial charge in [-0.3, -0.25) is 10.1 Å². The molecule has 0 bridgehead atoms. The highest BCUT2D eigenvalue weighted by Gasteiger charge is 2.35. The highest BCUT2D eigenvalue weighted by Crippen LogP contribution is 2.41. The molecule has 1 aromatic heterocycles. The largest absolute Gasteiger partial charge is 0.417 e. The Balaban J connectivity index is 1.81. The lowest BCUT2D eigenvalue weighted by atomic mass is 10.1. The summed E-state index contributed by atoms with van der Waals surface area (Å²) in [6, 6.07) is 4.72. The fourth-order valence-corrected chi connectivity index (χ4v) is 2.79. The third-order valence-corrected chi connectivity index (χ3v) is 3.99. The molecule has 1 saturated carbocycles. The average molecular weight is 312 g/mol. The predicted molar refractivity (Wildman–Crippen MR) is 73.5 cm³/mol. The molecular weight excluding hydrogens is 301 g/mol. The average Bonchev–Trinajstić information content (AvgIpc) is 3.19. The number of benzene rings is 1. The molecule has 1 aromatic carbocycles. The summed E-state index contributed by atoms with van der Waals surface area (Å²) in [6.07, 6.45) is -2.40. The third-order valence-electron chi connectivity index (χ3n) is 3.22. The second kappa shape index (κ2) is 5.14. The molecule has 0 aliphatic heterocycles. The van der Waals surface area contributed by atoms with E-state index in [1.165, 1.54) is 23.5 Å². The second-order valence-corrected chi connectivity index (χ2v) is 5.71. The monoisotopic (exact) mass is 312 g/mol. The van der Waals surface area contributed by atoms with Gasteiger partial charge in [0.25, 0.3) is 5.91 Å². The summed E-state index contributed by atoms with van der Waals surface area (Å²) in [5.74, 6) is -0.353. The molecule has 1 fully saturated rings. The van der Waals surface area contributed by atoms with Crippen molar-refractivity contribution in [2.24, 2.45) is 0 Å². The van der Waals surface area contributed by atoms with E-state index >= 15 is 0 Å². The van der Waals surface area contributed by atoms with Crippen LogP contribution in [-0.2, 0) is 6.18 Å². The Morgan fingerprint density at radius 2 is 2.00 bits per heavy atom. The molecule has 3 rings (SSSR count). The van der Waals surface area contributed by atoms with Gasteiger partial charge in [-0.25, -0.2) is 4.98 Å². The second-order valence-electron chi connectivity index (χ2n) is 4.85. The van der Waals surface area contributed by atoms with Crippen molar-refractivity contribution in [1.29, 1.82) is 0 Å². The van der Waals surface area contributed by atoms with Crippen LogP contribution in [-0.4, -0.2) is 10.9 Å². The summed E-state index contributed by atoms with van der Waals surface area (Å²) in [6.45, 7) is 0. The van der Waals surface area contributed by atoms with Crippen LogP contribution < -0.4 is 5.32 Å². The van der Waals surface area contributed by atoms with Crippen molar-refractivity contribution < 1.29 is 18.0 Å². The SMILES string of the molecule is O=C(Nc1nc(C2CC2)cs1)c1ccccc1C(F)(F)F. The van der Waals surface area contributed by atoms with Crippen molar-refractivity contribution in [3.63, 3.8) is 0 Å². The molecule has 0 saturated heterocycles. The first-order valence-electron chi connectivity index (χ1n) is 6.38. The van der Waals surface area contributed by atoms with Crippen molar-refractivity contribution in [2.45, 2.75) is 24.9 Å². The first kappa shape index (κ1) is 14.1. The summed E-state index contributed by atoms with van der Waals surface area (Å²) >= 11 is 1.23. The number of nitrogens with zero attached hydrogens (tertiary/aromatic N) is 1. The number of aromatic nitrogens is 1. The van der Waals surface area contributed by atoms with Crippen LogP contribution in [0.15, 0.2) is 29.6 Å². The van der Waals surface area contributed by atoms with Gasteiger partial charge in [-0.1, -0.05) is 12.1 Å². The molecule has 7 heteroatoms. The normalized spacial score (nSPS) is 15.0. The van der Waals surface area contributed by atoms with E-state index in [-0.39, 0.29) is 0 Å². The Kier molecular flexibility index (Phi) is 3.44. The van der Waals surface area contributed by atoms with Gasteiger partial charge in [0.15, 0.2) is 5.13 Å². The van der Waals surface area contributed by atoms with Crippen LogP contribution >= 0.6 is 11.3 Å². The zero-order valence-electron chi connectivity index (χ0n) is 10.8. The van der Waals surface area contributed by atoms with Gasteiger partial charge in [0.05, 0.1) is 16.8 Å². The van der Waals surface area contributed by atoms with Crippen LogP contribution in [0.2, 0.25) is 0 Å². The summed E-state index contributed by atoms with van der Waals surface area (Å²) in [7, 11) is 0. The maximum atomic E-state index is 12.9. The third kappa shape index (κ3) is 3.07. The van der Waals surface area contributed by atoms with E-state index < -0.39 is 23.2 Å². The van der Waals surface area contributed by atoms with Gasteiger partial charge in [-0.2, -0.15) is 13.2 Å². The van der Waals surface area contributed by atoms with E-state index in [0.29, 0.717) is 11.0 Å². The molecular formula is C14H11F3N2OS. The lowest BCUT2D eigenvalue weighted by molar-refractivity contribution is -0.137. The number of amides is 1. The first-order chi connectivity index (χ1) is 9.95. The molecule has 21 heavy (non-hydrogen) atoms. The van der Waals surface area contributed by atoms with Gasteiger partial charge in [0.1, 0.15) is 0 Å². The fourth-order valence-electron chi connectivity index (χ4n) is 2.00. The van der Waals surface area contributed by atoms with E-state index in [1.807, 2.05) is 5.38 Å². The summed E-state index contributed by atoms with van der Waals surface area (Å²) < 4.78 is 38.6. The fraction of sp³-hybridized carbons (Fsp3) is 0.286. The number of alkyl halides is 3. The van der Waals surface area contributed by atoms with Crippen molar-refractivity contribution in [3.05, 3.63) is 46.5 Å². The van der Waals surface area contributed by atoms with E-state index in [9.17, 15) is 18.0 Å². The highest BCUT2D eigenvalue weighted by atomic mass is 32.1. The quantitative estimate of drug-likeness (QED) is 0.918. The molecule has 0 atom stereocenters. The van der Waals surface area contributed by atoms with Gasteiger partial charge >= 0.3 is 6.18 Å². The number of hydrogen-bond donors (Lipinski definition) is 1. The Hall–Kier alpha value is -1.89. The topological polar surface area (TPSA) is 42.0 Å². The molecule has 1 aliphatic rings. The number of carbonyl (C=O) groups is 1. The minimum atomic E-state index is -4.56. The van der Waals surface area contributed by atoms with Crippen molar-refractivity contribution >= 4 is 22.4 Å². The number of nitrogens with one attached hydrogen (secondary N) is 1. The van der Waals surface area contributed by atoms with E-state index in [0.717, 1.165) is 30.7 Å². The van der Waals surface area contributed by atoms with Gasteiger partial charge in [0, 0.05) is 11.3 Å². The summed E-state index contributed by atoms with van der Waals surface area (Å²) in [4.78, 5) is 16.3. The molecule has 110 valence electrons. The highest BCUT2D eigenvalue weighted by molar-refractivity contribution is 7.14. The lowest BCUT2D eigenvalue weighted by Gasteiger charge is -2.11. The standard InChI is InChI=1S/C14H11F3N2OS/c15-14(16,17)10-4-2-1-3-9(10)12(20)19-13-18-11(7-21-13)8-5-6-8/h1-4,7-8H,5-6H2,(H,18,19,20). The molecule has 1 aliphatic carbocycles. The van der Waals surface area contributed by atoms with Crippen molar-refractivity contribution in [3.8, 4) is 0 Å². The van der Waals surface area contributed by atoms with Gasteiger partial charge in [-0.05, 0) is 25.0 Å². The van der Waals surface area contributed by atoms with Crippen LogP contribution in [0, 0.1) is 0 Å². The molecule has 2 aromatic rings. The van der Waals surface area contributed by atoms with Gasteiger partial charge in [0.2, 0.25) is 0 Å². The molecule has 0 unspecified atom stereocenters. The maximum absolute atomic E-state index is 12.9. The number of carbonyl (C=O) groups excluding carboxylic acids is 1. The molecule has 1 amide bonds. The van der Waals surface area contributed by atoms with Crippen molar-refractivity contribution in [2.75, 3.05) is 5.32 Å². The predicted octanol–water partition coefficient (Wildman–Crippen LogP) is 4.29. The maximum Gasteiger partial charge on any atom is 0.417 e.